The van der Waals surface area contributed by atoms with Crippen LogP contribution in [0.4, 0.5) is 0 Å². The number of carboxylic acids is 1. The zero-order valence-corrected chi connectivity index (χ0v) is 12.7. The minimum Gasteiger partial charge on any atom is -0.480 e. The SMILES string of the molecule is CCOC(=O)CSC[C@H](NC(C)C(=O)O)C(=O)OCC. The molecule has 0 aliphatic carbocycles. The first-order valence-electron chi connectivity index (χ1n) is 6.31. The summed E-state index contributed by atoms with van der Waals surface area (Å²) in [5.74, 6) is -1.62. The van der Waals surface area contributed by atoms with E-state index < -0.39 is 24.0 Å². The predicted octanol–water partition coefficient (Wildman–Crippen LogP) is 0.277. The Bertz CT molecular complexity index is 336. The molecule has 20 heavy (non-hydrogen) atoms. The molecule has 0 rings (SSSR count). The van der Waals surface area contributed by atoms with E-state index in [1.54, 1.807) is 13.8 Å². The number of carbonyl (C=O) groups excluding carboxylic acids is 2. The minimum absolute atomic E-state index is 0.104. The van der Waals surface area contributed by atoms with Crippen LogP contribution >= 0.6 is 11.8 Å². The molecule has 0 fully saturated rings. The first kappa shape index (κ1) is 18.7. The molecule has 8 heteroatoms. The van der Waals surface area contributed by atoms with E-state index in [-0.39, 0.29) is 24.1 Å². The van der Waals surface area contributed by atoms with Crippen molar-refractivity contribution in [2.24, 2.45) is 0 Å². The van der Waals surface area contributed by atoms with Crippen LogP contribution in [0.1, 0.15) is 20.8 Å². The summed E-state index contributed by atoms with van der Waals surface area (Å²) in [6.45, 7) is 5.32. The fraction of sp³-hybridized carbons (Fsp3) is 0.750. The third-order valence-electron chi connectivity index (χ3n) is 2.20. The van der Waals surface area contributed by atoms with Crippen molar-refractivity contribution in [1.82, 2.24) is 5.32 Å². The summed E-state index contributed by atoms with van der Waals surface area (Å²) in [5, 5.41) is 11.5. The van der Waals surface area contributed by atoms with Gasteiger partial charge in [0, 0.05) is 5.75 Å². The summed E-state index contributed by atoms with van der Waals surface area (Å²) in [4.78, 5) is 33.7. The maximum Gasteiger partial charge on any atom is 0.324 e. The van der Waals surface area contributed by atoms with Crippen LogP contribution in [-0.2, 0) is 23.9 Å². The molecule has 0 radical (unpaired) electrons. The van der Waals surface area contributed by atoms with Crippen molar-refractivity contribution in [3.05, 3.63) is 0 Å². The number of thioether (sulfide) groups is 1. The van der Waals surface area contributed by atoms with Gasteiger partial charge < -0.3 is 14.6 Å². The molecule has 0 aromatic rings. The lowest BCUT2D eigenvalue weighted by Gasteiger charge is -2.19. The van der Waals surface area contributed by atoms with Crippen molar-refractivity contribution in [1.29, 1.82) is 0 Å². The van der Waals surface area contributed by atoms with E-state index in [2.05, 4.69) is 5.32 Å². The molecular weight excluding hydrogens is 286 g/mol. The Labute approximate surface area is 122 Å². The highest BCUT2D eigenvalue weighted by Gasteiger charge is 2.24. The molecule has 0 aliphatic rings. The monoisotopic (exact) mass is 307 g/mol. The Kier molecular flexibility index (Phi) is 9.83. The van der Waals surface area contributed by atoms with Crippen molar-refractivity contribution in [2.45, 2.75) is 32.9 Å². The topological polar surface area (TPSA) is 102 Å². The number of carbonyl (C=O) groups is 3. The van der Waals surface area contributed by atoms with E-state index >= 15 is 0 Å². The van der Waals surface area contributed by atoms with Gasteiger partial charge in [-0.2, -0.15) is 0 Å². The first-order chi connectivity index (χ1) is 9.42. The highest BCUT2D eigenvalue weighted by atomic mass is 32.2. The Morgan fingerprint density at radius 3 is 2.30 bits per heavy atom. The Hall–Kier alpha value is -1.28. The molecule has 0 saturated heterocycles. The quantitative estimate of drug-likeness (QED) is 0.555. The van der Waals surface area contributed by atoms with Gasteiger partial charge in [-0.15, -0.1) is 11.8 Å². The molecule has 0 saturated carbocycles. The average molecular weight is 307 g/mol. The Balaban J connectivity index is 4.35. The number of nitrogens with one attached hydrogen (secondary N) is 1. The van der Waals surface area contributed by atoms with Gasteiger partial charge in [0.25, 0.3) is 0 Å². The molecule has 0 aromatic carbocycles. The van der Waals surface area contributed by atoms with Crippen LogP contribution in [0.25, 0.3) is 0 Å². The summed E-state index contributed by atoms with van der Waals surface area (Å²) >= 11 is 1.19. The van der Waals surface area contributed by atoms with Gasteiger partial charge in [-0.25, -0.2) is 0 Å². The van der Waals surface area contributed by atoms with E-state index in [4.69, 9.17) is 14.6 Å². The minimum atomic E-state index is -1.06. The maximum absolute atomic E-state index is 11.7. The fourth-order valence-corrected chi connectivity index (χ4v) is 2.10. The van der Waals surface area contributed by atoms with Crippen molar-refractivity contribution in [2.75, 3.05) is 24.7 Å². The second-order valence-electron chi connectivity index (χ2n) is 3.85. The summed E-state index contributed by atoms with van der Waals surface area (Å²) in [6.07, 6.45) is 0. The number of ether oxygens (including phenoxy) is 2. The number of hydrogen-bond acceptors (Lipinski definition) is 7. The number of hydrogen-bond donors (Lipinski definition) is 2. The lowest BCUT2D eigenvalue weighted by Crippen LogP contribution is -2.47. The van der Waals surface area contributed by atoms with Gasteiger partial charge in [0.05, 0.1) is 19.0 Å². The normalized spacial score (nSPS) is 13.3. The van der Waals surface area contributed by atoms with E-state index in [1.165, 1.54) is 18.7 Å². The van der Waals surface area contributed by atoms with Crippen LogP contribution < -0.4 is 5.32 Å². The second kappa shape index (κ2) is 10.5. The highest BCUT2D eigenvalue weighted by molar-refractivity contribution is 8.00. The number of carboxylic acid groups (broad SMARTS) is 1. The van der Waals surface area contributed by atoms with E-state index in [0.717, 1.165) is 0 Å². The van der Waals surface area contributed by atoms with Crippen LogP contribution in [0, 0.1) is 0 Å². The van der Waals surface area contributed by atoms with Gasteiger partial charge in [0.1, 0.15) is 12.1 Å². The van der Waals surface area contributed by atoms with E-state index in [9.17, 15) is 14.4 Å². The van der Waals surface area contributed by atoms with Gasteiger partial charge in [-0.05, 0) is 20.8 Å². The van der Waals surface area contributed by atoms with Crippen molar-refractivity contribution < 1.29 is 29.0 Å². The molecule has 7 nitrogen and oxygen atoms in total. The van der Waals surface area contributed by atoms with Crippen molar-refractivity contribution in [3.8, 4) is 0 Å². The predicted molar refractivity (Wildman–Crippen MR) is 74.6 cm³/mol. The van der Waals surface area contributed by atoms with E-state index in [1.807, 2.05) is 0 Å². The third-order valence-corrected chi connectivity index (χ3v) is 3.21. The number of aliphatic carboxylic acids is 1. The largest absolute Gasteiger partial charge is 0.480 e. The Morgan fingerprint density at radius 2 is 1.80 bits per heavy atom. The molecule has 0 spiro atoms. The lowest BCUT2D eigenvalue weighted by atomic mass is 10.2. The summed E-state index contributed by atoms with van der Waals surface area (Å²) in [6, 6.07) is -1.66. The molecule has 0 heterocycles. The fourth-order valence-electron chi connectivity index (χ4n) is 1.26. The smallest absolute Gasteiger partial charge is 0.324 e. The zero-order valence-electron chi connectivity index (χ0n) is 11.9. The molecule has 0 aromatic heterocycles. The zero-order chi connectivity index (χ0) is 15.5. The molecule has 1 unspecified atom stereocenters. The summed E-state index contributed by atoms with van der Waals surface area (Å²) in [5.41, 5.74) is 0. The molecule has 0 aliphatic heterocycles. The lowest BCUT2D eigenvalue weighted by molar-refractivity contribution is -0.146. The number of esters is 2. The van der Waals surface area contributed by atoms with Crippen LogP contribution in [-0.4, -0.2) is 59.8 Å². The highest BCUT2D eigenvalue weighted by Crippen LogP contribution is 2.06. The maximum atomic E-state index is 11.7. The van der Waals surface area contributed by atoms with Crippen LogP contribution in [0.2, 0.25) is 0 Å². The summed E-state index contributed by atoms with van der Waals surface area (Å²) < 4.78 is 9.63. The van der Waals surface area contributed by atoms with Crippen LogP contribution in [0.5, 0.6) is 0 Å². The second-order valence-corrected chi connectivity index (χ2v) is 4.88. The van der Waals surface area contributed by atoms with Gasteiger partial charge >= 0.3 is 17.9 Å². The molecule has 2 N–H and O–H groups in total. The van der Waals surface area contributed by atoms with Gasteiger partial charge in [-0.3, -0.25) is 19.7 Å². The average Bonchev–Trinajstić information content (AvgIpc) is 2.37. The third kappa shape index (κ3) is 8.00. The first-order valence-corrected chi connectivity index (χ1v) is 7.46. The standard InChI is InChI=1S/C12H21NO6S/c1-4-18-10(14)7-20-6-9(12(17)19-5-2)13-8(3)11(15)16/h8-9,13H,4-7H2,1-3H3,(H,15,16)/t8?,9-/m0/s1. The van der Waals surface area contributed by atoms with E-state index in [0.29, 0.717) is 6.61 Å². The van der Waals surface area contributed by atoms with Crippen LogP contribution in [0.3, 0.4) is 0 Å². The Morgan fingerprint density at radius 1 is 1.20 bits per heavy atom. The van der Waals surface area contributed by atoms with Gasteiger partial charge in [0.15, 0.2) is 0 Å². The van der Waals surface area contributed by atoms with Gasteiger partial charge in [-0.1, -0.05) is 0 Å². The molecular formula is C12H21NO6S. The van der Waals surface area contributed by atoms with Crippen molar-refractivity contribution >= 4 is 29.7 Å². The molecule has 0 amide bonds. The molecule has 0 bridgehead atoms. The number of rotatable bonds is 10. The molecule has 2 atom stereocenters. The van der Waals surface area contributed by atoms with Gasteiger partial charge in [0.2, 0.25) is 0 Å². The molecule has 116 valence electrons. The van der Waals surface area contributed by atoms with Crippen LogP contribution in [0.15, 0.2) is 0 Å². The van der Waals surface area contributed by atoms with Crippen molar-refractivity contribution in [3.63, 3.8) is 0 Å². The summed E-state index contributed by atoms with van der Waals surface area (Å²) in [7, 11) is 0.